The van der Waals surface area contributed by atoms with Gasteiger partial charge in [0.1, 0.15) is 11.4 Å². The summed E-state index contributed by atoms with van der Waals surface area (Å²) in [6.45, 7) is 2.55. The van der Waals surface area contributed by atoms with E-state index in [4.69, 9.17) is 9.84 Å². The SMILES string of the molecule is COc1ccccc1-c1nn(Cc2ccccc2)cc1C(=O)N[C@@H](C)c1ccccc1. The van der Waals surface area contributed by atoms with Crippen LogP contribution in [0.1, 0.15) is 34.5 Å². The summed E-state index contributed by atoms with van der Waals surface area (Å²) in [5.74, 6) is 0.509. The highest BCUT2D eigenvalue weighted by molar-refractivity contribution is 6.00. The van der Waals surface area contributed by atoms with Crippen LogP contribution in [-0.4, -0.2) is 22.8 Å². The molecule has 5 heteroatoms. The predicted molar refractivity (Wildman–Crippen MR) is 122 cm³/mol. The van der Waals surface area contributed by atoms with E-state index in [1.807, 2.05) is 98.0 Å². The van der Waals surface area contributed by atoms with Crippen LogP contribution in [-0.2, 0) is 6.54 Å². The third-order valence-corrected chi connectivity index (χ3v) is 5.20. The first-order valence-corrected chi connectivity index (χ1v) is 10.3. The fourth-order valence-corrected chi connectivity index (χ4v) is 3.58. The summed E-state index contributed by atoms with van der Waals surface area (Å²) in [6.07, 6.45) is 1.81. The van der Waals surface area contributed by atoms with Crippen LogP contribution in [0, 0.1) is 0 Å². The molecule has 0 aliphatic heterocycles. The number of amides is 1. The number of nitrogens with zero attached hydrogens (tertiary/aromatic N) is 2. The van der Waals surface area contributed by atoms with E-state index in [0.29, 0.717) is 23.6 Å². The number of para-hydroxylation sites is 1. The Balaban J connectivity index is 1.70. The second-order valence-corrected chi connectivity index (χ2v) is 7.38. The van der Waals surface area contributed by atoms with Gasteiger partial charge < -0.3 is 10.1 Å². The Labute approximate surface area is 182 Å². The normalized spacial score (nSPS) is 11.7. The Kier molecular flexibility index (Phi) is 6.13. The zero-order valence-corrected chi connectivity index (χ0v) is 17.7. The number of aromatic nitrogens is 2. The number of ether oxygens (including phenoxy) is 1. The lowest BCUT2D eigenvalue weighted by molar-refractivity contribution is 0.0940. The number of nitrogens with one attached hydrogen (secondary N) is 1. The van der Waals surface area contributed by atoms with Gasteiger partial charge >= 0.3 is 0 Å². The highest BCUT2D eigenvalue weighted by Crippen LogP contribution is 2.31. The van der Waals surface area contributed by atoms with Gasteiger partial charge in [0.25, 0.3) is 5.91 Å². The second kappa shape index (κ2) is 9.30. The lowest BCUT2D eigenvalue weighted by atomic mass is 10.1. The molecular weight excluding hydrogens is 386 g/mol. The molecule has 1 aromatic heterocycles. The monoisotopic (exact) mass is 411 g/mol. The maximum Gasteiger partial charge on any atom is 0.255 e. The van der Waals surface area contributed by atoms with Gasteiger partial charge in [-0.3, -0.25) is 9.48 Å². The molecule has 0 aliphatic rings. The first-order valence-electron chi connectivity index (χ1n) is 10.3. The third-order valence-electron chi connectivity index (χ3n) is 5.20. The van der Waals surface area contributed by atoms with Crippen molar-refractivity contribution in [3.8, 4) is 17.0 Å². The van der Waals surface area contributed by atoms with Crippen molar-refractivity contribution in [3.63, 3.8) is 0 Å². The highest BCUT2D eigenvalue weighted by Gasteiger charge is 2.22. The van der Waals surface area contributed by atoms with Crippen molar-refractivity contribution in [2.45, 2.75) is 19.5 Å². The summed E-state index contributed by atoms with van der Waals surface area (Å²) >= 11 is 0. The van der Waals surface area contributed by atoms with Crippen LogP contribution in [0.5, 0.6) is 5.75 Å². The van der Waals surface area contributed by atoms with Crippen LogP contribution in [0.4, 0.5) is 0 Å². The Morgan fingerprint density at radius 2 is 1.61 bits per heavy atom. The molecule has 5 nitrogen and oxygen atoms in total. The molecule has 0 bridgehead atoms. The van der Waals surface area contributed by atoms with Crippen LogP contribution in [0.25, 0.3) is 11.3 Å². The van der Waals surface area contributed by atoms with E-state index >= 15 is 0 Å². The first kappa shape index (κ1) is 20.4. The highest BCUT2D eigenvalue weighted by atomic mass is 16.5. The van der Waals surface area contributed by atoms with Crippen molar-refractivity contribution in [2.75, 3.05) is 7.11 Å². The molecule has 0 aliphatic carbocycles. The molecule has 0 radical (unpaired) electrons. The minimum absolute atomic E-state index is 0.128. The van der Waals surface area contributed by atoms with Gasteiger partial charge in [0, 0.05) is 11.8 Å². The quantitative estimate of drug-likeness (QED) is 0.460. The molecular formula is C26H25N3O2. The summed E-state index contributed by atoms with van der Waals surface area (Å²) < 4.78 is 7.34. The topological polar surface area (TPSA) is 56.2 Å². The molecule has 1 atom stereocenters. The van der Waals surface area contributed by atoms with Crippen molar-refractivity contribution in [2.24, 2.45) is 0 Å². The van der Waals surface area contributed by atoms with Crippen molar-refractivity contribution in [1.82, 2.24) is 15.1 Å². The maximum absolute atomic E-state index is 13.3. The number of rotatable bonds is 7. The molecule has 1 amide bonds. The van der Waals surface area contributed by atoms with E-state index in [1.54, 1.807) is 11.8 Å². The second-order valence-electron chi connectivity index (χ2n) is 7.38. The zero-order valence-electron chi connectivity index (χ0n) is 17.7. The van der Waals surface area contributed by atoms with Crippen LogP contribution in [0.2, 0.25) is 0 Å². The summed E-state index contributed by atoms with van der Waals surface area (Å²) in [5.41, 5.74) is 4.07. The molecule has 31 heavy (non-hydrogen) atoms. The average molecular weight is 412 g/mol. The van der Waals surface area contributed by atoms with Gasteiger partial charge in [0.15, 0.2) is 0 Å². The third kappa shape index (κ3) is 4.67. The van der Waals surface area contributed by atoms with E-state index in [9.17, 15) is 4.79 Å². The zero-order chi connectivity index (χ0) is 21.6. The van der Waals surface area contributed by atoms with E-state index in [0.717, 1.165) is 16.7 Å². The first-order chi connectivity index (χ1) is 15.2. The van der Waals surface area contributed by atoms with Crippen molar-refractivity contribution < 1.29 is 9.53 Å². The summed E-state index contributed by atoms with van der Waals surface area (Å²) in [6, 6.07) is 27.5. The summed E-state index contributed by atoms with van der Waals surface area (Å²) in [4.78, 5) is 13.3. The number of carbonyl (C=O) groups excluding carboxylic acids is 1. The smallest absolute Gasteiger partial charge is 0.255 e. The molecule has 4 aromatic rings. The number of methoxy groups -OCH3 is 1. The van der Waals surface area contributed by atoms with Crippen molar-refractivity contribution in [3.05, 3.63) is 108 Å². The number of benzene rings is 3. The minimum atomic E-state index is -0.170. The van der Waals surface area contributed by atoms with Crippen molar-refractivity contribution in [1.29, 1.82) is 0 Å². The fraction of sp³-hybridized carbons (Fsp3) is 0.154. The lowest BCUT2D eigenvalue weighted by Crippen LogP contribution is -2.26. The summed E-state index contributed by atoms with van der Waals surface area (Å²) in [7, 11) is 1.62. The van der Waals surface area contributed by atoms with Crippen LogP contribution in [0.15, 0.2) is 91.1 Å². The molecule has 4 rings (SSSR count). The predicted octanol–water partition coefficient (Wildman–Crippen LogP) is 5.10. The molecule has 1 N–H and O–H groups in total. The minimum Gasteiger partial charge on any atom is -0.496 e. The molecule has 156 valence electrons. The van der Waals surface area contributed by atoms with Gasteiger partial charge in [-0.05, 0) is 30.2 Å². The standard InChI is InChI=1S/C26H25N3O2/c1-19(21-13-7-4-8-14-21)27-26(30)23-18-29(17-20-11-5-3-6-12-20)28-25(23)22-15-9-10-16-24(22)31-2/h3-16,18-19H,17H2,1-2H3,(H,27,30)/t19-/m0/s1. The van der Waals surface area contributed by atoms with Gasteiger partial charge in [0.05, 0.1) is 25.3 Å². The molecule has 3 aromatic carbocycles. The Morgan fingerprint density at radius 3 is 2.32 bits per heavy atom. The lowest BCUT2D eigenvalue weighted by Gasteiger charge is -2.14. The van der Waals surface area contributed by atoms with Crippen LogP contribution in [0.3, 0.4) is 0 Å². The van der Waals surface area contributed by atoms with Gasteiger partial charge in [-0.1, -0.05) is 72.8 Å². The number of carbonyl (C=O) groups is 1. The Bertz CT molecular complexity index is 1150. The summed E-state index contributed by atoms with van der Waals surface area (Å²) in [5, 5.41) is 7.87. The molecule has 0 spiro atoms. The van der Waals surface area contributed by atoms with Gasteiger partial charge in [-0.25, -0.2) is 0 Å². The van der Waals surface area contributed by atoms with E-state index in [-0.39, 0.29) is 11.9 Å². The number of hydrogen-bond donors (Lipinski definition) is 1. The van der Waals surface area contributed by atoms with E-state index in [1.165, 1.54) is 0 Å². The van der Waals surface area contributed by atoms with Crippen LogP contribution >= 0.6 is 0 Å². The maximum atomic E-state index is 13.3. The average Bonchev–Trinajstić information content (AvgIpc) is 3.24. The molecule has 0 fully saturated rings. The molecule has 0 saturated carbocycles. The van der Waals surface area contributed by atoms with E-state index < -0.39 is 0 Å². The van der Waals surface area contributed by atoms with Gasteiger partial charge in [-0.15, -0.1) is 0 Å². The van der Waals surface area contributed by atoms with Gasteiger partial charge in [0.2, 0.25) is 0 Å². The van der Waals surface area contributed by atoms with Crippen molar-refractivity contribution >= 4 is 5.91 Å². The molecule has 0 saturated heterocycles. The van der Waals surface area contributed by atoms with Gasteiger partial charge in [-0.2, -0.15) is 5.10 Å². The fourth-order valence-electron chi connectivity index (χ4n) is 3.58. The number of hydrogen-bond acceptors (Lipinski definition) is 3. The van der Waals surface area contributed by atoms with E-state index in [2.05, 4.69) is 5.32 Å². The largest absolute Gasteiger partial charge is 0.496 e. The Hall–Kier alpha value is -3.86. The van der Waals surface area contributed by atoms with Crippen LogP contribution < -0.4 is 10.1 Å². The Morgan fingerprint density at radius 1 is 0.968 bits per heavy atom. The molecule has 1 heterocycles. The molecule has 0 unspecified atom stereocenters.